The molecular weight excluding hydrogens is 422 g/mol. The molecule has 0 unspecified atom stereocenters. The highest BCUT2D eigenvalue weighted by molar-refractivity contribution is 6.04. The summed E-state index contributed by atoms with van der Waals surface area (Å²) >= 11 is 0. The van der Waals surface area contributed by atoms with E-state index in [1.807, 2.05) is 30.5 Å². The molecule has 0 aliphatic carbocycles. The minimum atomic E-state index is -0.287. The fourth-order valence-corrected chi connectivity index (χ4v) is 3.26. The number of ether oxygens (including phenoxy) is 3. The number of carbonyl (C=O) groups excluding carboxylic acids is 1. The molecule has 168 valence electrons. The van der Waals surface area contributed by atoms with Gasteiger partial charge in [-0.3, -0.25) is 4.79 Å². The third-order valence-electron chi connectivity index (χ3n) is 4.82. The second-order valence-corrected chi connectivity index (χ2v) is 6.93. The topological polar surface area (TPSA) is 99.5 Å². The van der Waals surface area contributed by atoms with Crippen LogP contribution < -0.4 is 24.8 Å². The zero-order valence-corrected chi connectivity index (χ0v) is 18.4. The molecule has 0 spiro atoms. The monoisotopic (exact) mass is 445 g/mol. The maximum absolute atomic E-state index is 12.9. The van der Waals surface area contributed by atoms with E-state index < -0.39 is 0 Å². The van der Waals surface area contributed by atoms with Crippen molar-refractivity contribution in [2.75, 3.05) is 32.0 Å². The highest BCUT2D eigenvalue weighted by Gasteiger charge is 2.15. The molecule has 0 saturated heterocycles. The zero-order chi connectivity index (χ0) is 23.2. The lowest BCUT2D eigenvalue weighted by Gasteiger charge is -2.14. The Morgan fingerprint density at radius 2 is 1.70 bits per heavy atom. The average Bonchev–Trinajstić information content (AvgIpc) is 3.32. The Kier molecular flexibility index (Phi) is 6.40. The number of anilines is 3. The number of amides is 1. The van der Waals surface area contributed by atoms with Gasteiger partial charge in [0.25, 0.3) is 5.91 Å². The van der Waals surface area contributed by atoms with Crippen molar-refractivity contribution in [3.63, 3.8) is 0 Å². The van der Waals surface area contributed by atoms with Crippen molar-refractivity contribution in [3.05, 3.63) is 78.8 Å². The van der Waals surface area contributed by atoms with Gasteiger partial charge < -0.3 is 24.8 Å². The van der Waals surface area contributed by atoms with Crippen LogP contribution in [0.4, 0.5) is 17.2 Å². The van der Waals surface area contributed by atoms with Crippen molar-refractivity contribution in [2.24, 2.45) is 0 Å². The lowest BCUT2D eigenvalue weighted by Crippen LogP contribution is -2.13. The van der Waals surface area contributed by atoms with E-state index in [0.29, 0.717) is 28.5 Å². The lowest BCUT2D eigenvalue weighted by atomic mass is 10.1. The summed E-state index contributed by atoms with van der Waals surface area (Å²) in [6.45, 7) is 0. The Labute approximate surface area is 190 Å². The number of methoxy groups -OCH3 is 3. The minimum absolute atomic E-state index is 0.287. The summed E-state index contributed by atoms with van der Waals surface area (Å²) in [6, 6.07) is 16.1. The number of aromatic nitrogens is 3. The molecule has 2 aromatic carbocycles. The Morgan fingerprint density at radius 1 is 0.909 bits per heavy atom. The first-order valence-corrected chi connectivity index (χ1v) is 10.1. The van der Waals surface area contributed by atoms with Crippen molar-refractivity contribution < 1.29 is 19.0 Å². The van der Waals surface area contributed by atoms with Gasteiger partial charge in [-0.1, -0.05) is 12.1 Å². The Balaban J connectivity index is 1.53. The summed E-state index contributed by atoms with van der Waals surface area (Å²) in [5.74, 6) is 1.78. The standard InChI is InChI=1S/C24H23N5O4/c1-31-20-12-17(13-21(32-2)23(20)33-3)28-24(30)16-7-6-8-19(11-16)29-15-18(14-26-29)27-22-9-4-5-10-25-22/h4-15H,1-3H3,(H,25,27)(H,28,30). The van der Waals surface area contributed by atoms with Crippen LogP contribution >= 0.6 is 0 Å². The number of carbonyl (C=O) groups is 1. The molecular formula is C24H23N5O4. The highest BCUT2D eigenvalue weighted by atomic mass is 16.5. The van der Waals surface area contributed by atoms with Crippen LogP contribution in [0.2, 0.25) is 0 Å². The average molecular weight is 445 g/mol. The van der Waals surface area contributed by atoms with Crippen LogP contribution in [-0.4, -0.2) is 42.0 Å². The Hall–Kier alpha value is -4.53. The quantitative estimate of drug-likeness (QED) is 0.417. The molecule has 33 heavy (non-hydrogen) atoms. The number of rotatable bonds is 8. The van der Waals surface area contributed by atoms with E-state index in [1.165, 1.54) is 21.3 Å². The van der Waals surface area contributed by atoms with Gasteiger partial charge in [0.1, 0.15) is 5.82 Å². The fraction of sp³-hybridized carbons (Fsp3) is 0.125. The van der Waals surface area contributed by atoms with Gasteiger partial charge in [-0.05, 0) is 30.3 Å². The molecule has 4 rings (SSSR count). The van der Waals surface area contributed by atoms with Crippen molar-refractivity contribution in [1.29, 1.82) is 0 Å². The van der Waals surface area contributed by atoms with Crippen molar-refractivity contribution in [2.45, 2.75) is 0 Å². The van der Waals surface area contributed by atoms with Crippen LogP contribution in [0, 0.1) is 0 Å². The fourth-order valence-electron chi connectivity index (χ4n) is 3.26. The second kappa shape index (κ2) is 9.73. The number of hydrogen-bond acceptors (Lipinski definition) is 7. The van der Waals surface area contributed by atoms with E-state index in [-0.39, 0.29) is 5.91 Å². The minimum Gasteiger partial charge on any atom is -0.493 e. The summed E-state index contributed by atoms with van der Waals surface area (Å²) < 4.78 is 17.7. The van der Waals surface area contributed by atoms with E-state index in [0.717, 1.165) is 17.2 Å². The molecule has 2 N–H and O–H groups in total. The van der Waals surface area contributed by atoms with Crippen LogP contribution in [-0.2, 0) is 0 Å². The van der Waals surface area contributed by atoms with Crippen LogP contribution in [0.25, 0.3) is 5.69 Å². The Morgan fingerprint density at radius 3 is 2.36 bits per heavy atom. The number of nitrogens with zero attached hydrogens (tertiary/aromatic N) is 3. The van der Waals surface area contributed by atoms with E-state index in [2.05, 4.69) is 20.7 Å². The van der Waals surface area contributed by atoms with Crippen LogP contribution in [0.5, 0.6) is 17.2 Å². The lowest BCUT2D eigenvalue weighted by molar-refractivity contribution is 0.102. The largest absolute Gasteiger partial charge is 0.493 e. The first-order chi connectivity index (χ1) is 16.1. The van der Waals surface area contributed by atoms with Crippen molar-refractivity contribution in [1.82, 2.24) is 14.8 Å². The molecule has 1 amide bonds. The molecule has 0 aliphatic rings. The van der Waals surface area contributed by atoms with Crippen LogP contribution in [0.3, 0.4) is 0 Å². The van der Waals surface area contributed by atoms with Crippen molar-refractivity contribution >= 4 is 23.1 Å². The van der Waals surface area contributed by atoms with E-state index >= 15 is 0 Å². The molecule has 0 radical (unpaired) electrons. The maximum atomic E-state index is 12.9. The molecule has 0 saturated carbocycles. The number of pyridine rings is 1. The summed E-state index contributed by atoms with van der Waals surface area (Å²) in [7, 11) is 4.57. The third-order valence-corrected chi connectivity index (χ3v) is 4.82. The van der Waals surface area contributed by atoms with Crippen LogP contribution in [0.15, 0.2) is 73.2 Å². The van der Waals surface area contributed by atoms with E-state index in [4.69, 9.17) is 14.2 Å². The first kappa shape index (κ1) is 21.7. The molecule has 0 fully saturated rings. The molecule has 9 heteroatoms. The van der Waals surface area contributed by atoms with Crippen molar-refractivity contribution in [3.8, 4) is 22.9 Å². The van der Waals surface area contributed by atoms with Gasteiger partial charge in [0.15, 0.2) is 11.5 Å². The Bertz CT molecular complexity index is 1230. The van der Waals surface area contributed by atoms with E-state index in [1.54, 1.807) is 47.4 Å². The summed E-state index contributed by atoms with van der Waals surface area (Å²) in [6.07, 6.45) is 5.23. The molecule has 2 aromatic heterocycles. The molecule has 9 nitrogen and oxygen atoms in total. The van der Waals surface area contributed by atoms with Gasteiger partial charge >= 0.3 is 0 Å². The SMILES string of the molecule is COc1cc(NC(=O)c2cccc(-n3cc(Nc4ccccn4)cn3)c2)cc(OC)c1OC. The molecule has 0 aliphatic heterocycles. The number of hydrogen-bond donors (Lipinski definition) is 2. The van der Waals surface area contributed by atoms with Gasteiger partial charge in [0.05, 0.1) is 45.1 Å². The van der Waals surface area contributed by atoms with Crippen LogP contribution in [0.1, 0.15) is 10.4 Å². The maximum Gasteiger partial charge on any atom is 0.255 e. The summed E-state index contributed by atoms with van der Waals surface area (Å²) in [5.41, 5.74) is 2.50. The van der Waals surface area contributed by atoms with Gasteiger partial charge in [0.2, 0.25) is 5.75 Å². The van der Waals surface area contributed by atoms with Gasteiger partial charge in [-0.15, -0.1) is 0 Å². The summed E-state index contributed by atoms with van der Waals surface area (Å²) in [5, 5.41) is 10.4. The predicted octanol–water partition coefficient (Wildman–Crippen LogP) is 4.29. The smallest absolute Gasteiger partial charge is 0.255 e. The van der Waals surface area contributed by atoms with Gasteiger partial charge in [0, 0.05) is 29.6 Å². The number of benzene rings is 2. The van der Waals surface area contributed by atoms with Gasteiger partial charge in [-0.2, -0.15) is 5.10 Å². The first-order valence-electron chi connectivity index (χ1n) is 10.1. The van der Waals surface area contributed by atoms with Gasteiger partial charge in [-0.25, -0.2) is 9.67 Å². The highest BCUT2D eigenvalue weighted by Crippen LogP contribution is 2.40. The summed E-state index contributed by atoms with van der Waals surface area (Å²) in [4.78, 5) is 17.2. The predicted molar refractivity (Wildman–Crippen MR) is 125 cm³/mol. The normalized spacial score (nSPS) is 10.4. The molecule has 0 bridgehead atoms. The van der Waals surface area contributed by atoms with E-state index in [9.17, 15) is 4.79 Å². The zero-order valence-electron chi connectivity index (χ0n) is 18.4. The molecule has 4 aromatic rings. The molecule has 0 atom stereocenters. The molecule has 2 heterocycles. The number of nitrogens with one attached hydrogen (secondary N) is 2. The second-order valence-electron chi connectivity index (χ2n) is 6.93. The third kappa shape index (κ3) is 4.87.